The van der Waals surface area contributed by atoms with E-state index in [1.165, 1.54) is 0 Å². The zero-order valence-electron chi connectivity index (χ0n) is 17.0. The molecule has 9 heteroatoms. The highest BCUT2D eigenvalue weighted by Crippen LogP contribution is 2.14. The molecule has 0 saturated carbocycles. The average Bonchev–Trinajstić information content (AvgIpc) is 3.04. The zero-order valence-corrected chi connectivity index (χ0v) is 17.0. The molecule has 2 amide bonds. The maximum atomic E-state index is 12.7. The second kappa shape index (κ2) is 10.1. The molecular formula is C20H28N6O3. The van der Waals surface area contributed by atoms with Crippen molar-refractivity contribution in [3.8, 4) is 0 Å². The molecule has 1 aliphatic rings. The Bertz CT molecular complexity index is 823. The second-order valence-corrected chi connectivity index (χ2v) is 7.16. The number of ether oxygens (including phenoxy) is 1. The lowest BCUT2D eigenvalue weighted by molar-refractivity contribution is -0.141. The fraction of sp³-hybridized carbons (Fsp3) is 0.550. The summed E-state index contributed by atoms with van der Waals surface area (Å²) in [5.41, 5.74) is 1.03. The van der Waals surface area contributed by atoms with E-state index in [1.54, 1.807) is 22.0 Å². The van der Waals surface area contributed by atoms with E-state index in [9.17, 15) is 9.59 Å². The molecule has 3 heterocycles. The number of carbonyl (C=O) groups is 2. The molecule has 9 nitrogen and oxygen atoms in total. The van der Waals surface area contributed by atoms with Gasteiger partial charge in [0.25, 0.3) is 0 Å². The van der Waals surface area contributed by atoms with Gasteiger partial charge >= 0.3 is 0 Å². The molecule has 2 aromatic heterocycles. The number of amides is 2. The number of hydrogen-bond donors (Lipinski definition) is 1. The second-order valence-electron chi connectivity index (χ2n) is 7.16. The monoisotopic (exact) mass is 400 g/mol. The van der Waals surface area contributed by atoms with Crippen molar-refractivity contribution < 1.29 is 14.3 Å². The van der Waals surface area contributed by atoms with Crippen LogP contribution < -0.4 is 5.32 Å². The first-order chi connectivity index (χ1) is 14.0. The Kier molecular flexibility index (Phi) is 7.29. The van der Waals surface area contributed by atoms with Crippen LogP contribution in [0.25, 0.3) is 0 Å². The van der Waals surface area contributed by atoms with Crippen molar-refractivity contribution in [2.24, 2.45) is 0 Å². The van der Waals surface area contributed by atoms with Crippen LogP contribution in [0.4, 0.5) is 0 Å². The SMILES string of the molecule is Cc1nc(C)n(CCNC(=O)C[C@@H]2COCCN2C(=O)CCc2cccnc2)n1. The molecule has 1 atom stereocenters. The minimum absolute atomic E-state index is 0.0451. The summed E-state index contributed by atoms with van der Waals surface area (Å²) in [5, 5.41) is 7.18. The van der Waals surface area contributed by atoms with Crippen LogP contribution in [-0.2, 0) is 27.3 Å². The maximum absolute atomic E-state index is 12.7. The minimum atomic E-state index is -0.236. The van der Waals surface area contributed by atoms with Crippen molar-refractivity contribution in [2.45, 2.75) is 45.7 Å². The normalized spacial score (nSPS) is 16.6. The van der Waals surface area contributed by atoms with Crippen molar-refractivity contribution >= 4 is 11.8 Å². The predicted molar refractivity (Wildman–Crippen MR) is 106 cm³/mol. The van der Waals surface area contributed by atoms with Gasteiger partial charge < -0.3 is 15.0 Å². The van der Waals surface area contributed by atoms with Crippen LogP contribution in [0.5, 0.6) is 0 Å². The highest BCUT2D eigenvalue weighted by atomic mass is 16.5. The Morgan fingerprint density at radius 3 is 2.93 bits per heavy atom. The first kappa shape index (κ1) is 20.9. The summed E-state index contributed by atoms with van der Waals surface area (Å²) in [5.74, 6) is 1.49. The quantitative estimate of drug-likeness (QED) is 0.698. The molecule has 1 fully saturated rings. The summed E-state index contributed by atoms with van der Waals surface area (Å²) in [7, 11) is 0. The van der Waals surface area contributed by atoms with Crippen molar-refractivity contribution in [1.29, 1.82) is 0 Å². The molecule has 2 aromatic rings. The molecule has 1 saturated heterocycles. The van der Waals surface area contributed by atoms with E-state index in [1.807, 2.05) is 26.0 Å². The summed E-state index contributed by atoms with van der Waals surface area (Å²) in [4.78, 5) is 35.2. The topological polar surface area (TPSA) is 102 Å². The Hall–Kier alpha value is -2.81. The van der Waals surface area contributed by atoms with Gasteiger partial charge in [-0.2, -0.15) is 5.10 Å². The third kappa shape index (κ3) is 6.08. The zero-order chi connectivity index (χ0) is 20.6. The first-order valence-electron chi connectivity index (χ1n) is 9.94. The van der Waals surface area contributed by atoms with Gasteiger partial charge in [0.2, 0.25) is 11.8 Å². The highest BCUT2D eigenvalue weighted by Gasteiger charge is 2.28. The number of nitrogens with one attached hydrogen (secondary N) is 1. The Morgan fingerprint density at radius 1 is 1.34 bits per heavy atom. The third-order valence-corrected chi connectivity index (χ3v) is 4.93. The number of pyridine rings is 1. The van der Waals surface area contributed by atoms with Crippen LogP contribution >= 0.6 is 0 Å². The van der Waals surface area contributed by atoms with Crippen molar-refractivity contribution in [1.82, 2.24) is 30.0 Å². The van der Waals surface area contributed by atoms with Crippen LogP contribution in [0.3, 0.4) is 0 Å². The molecule has 0 bridgehead atoms. The Labute approximate surface area is 170 Å². The van der Waals surface area contributed by atoms with Crippen molar-refractivity contribution in [2.75, 3.05) is 26.3 Å². The predicted octanol–water partition coefficient (Wildman–Crippen LogP) is 0.656. The summed E-state index contributed by atoms with van der Waals surface area (Å²) in [6, 6.07) is 3.59. The maximum Gasteiger partial charge on any atom is 0.223 e. The van der Waals surface area contributed by atoms with Gasteiger partial charge in [-0.3, -0.25) is 14.6 Å². The summed E-state index contributed by atoms with van der Waals surface area (Å²) < 4.78 is 7.28. The standard InChI is InChI=1S/C20H28N6O3/c1-15-23-16(2)26(24-15)9-8-22-19(27)12-18-14-29-11-10-25(18)20(28)6-5-17-4-3-7-21-13-17/h3-4,7,13,18H,5-6,8-12,14H2,1-2H3,(H,22,27)/t18-/m1/s1. The van der Waals surface area contributed by atoms with Crippen LogP contribution in [-0.4, -0.2) is 68.8 Å². The van der Waals surface area contributed by atoms with E-state index in [0.717, 1.165) is 11.4 Å². The van der Waals surface area contributed by atoms with Gasteiger partial charge in [0.05, 0.1) is 25.8 Å². The molecule has 0 aromatic carbocycles. The van der Waals surface area contributed by atoms with Crippen LogP contribution in [0.2, 0.25) is 0 Å². The van der Waals surface area contributed by atoms with Gasteiger partial charge in [-0.05, 0) is 31.9 Å². The number of nitrogens with zero attached hydrogens (tertiary/aromatic N) is 5. The largest absolute Gasteiger partial charge is 0.377 e. The lowest BCUT2D eigenvalue weighted by Crippen LogP contribution is -2.50. The van der Waals surface area contributed by atoms with Gasteiger partial charge in [0.15, 0.2) is 0 Å². The van der Waals surface area contributed by atoms with Crippen LogP contribution in [0.15, 0.2) is 24.5 Å². The van der Waals surface area contributed by atoms with Gasteiger partial charge in [0, 0.05) is 38.3 Å². The summed E-state index contributed by atoms with van der Waals surface area (Å²) in [6.45, 7) is 6.15. The van der Waals surface area contributed by atoms with Gasteiger partial charge in [-0.1, -0.05) is 6.07 Å². The minimum Gasteiger partial charge on any atom is -0.377 e. The molecule has 1 N–H and O–H groups in total. The smallest absolute Gasteiger partial charge is 0.223 e. The first-order valence-corrected chi connectivity index (χ1v) is 9.94. The fourth-order valence-electron chi connectivity index (χ4n) is 3.45. The van der Waals surface area contributed by atoms with E-state index in [-0.39, 0.29) is 24.3 Å². The Balaban J connectivity index is 1.46. The number of rotatable bonds is 8. The molecule has 0 unspecified atom stereocenters. The number of aromatic nitrogens is 4. The molecule has 29 heavy (non-hydrogen) atoms. The van der Waals surface area contributed by atoms with Gasteiger partial charge in [-0.15, -0.1) is 0 Å². The summed E-state index contributed by atoms with van der Waals surface area (Å²) >= 11 is 0. The lowest BCUT2D eigenvalue weighted by atomic mass is 10.1. The lowest BCUT2D eigenvalue weighted by Gasteiger charge is -2.35. The molecule has 156 valence electrons. The highest BCUT2D eigenvalue weighted by molar-refractivity contribution is 5.80. The fourth-order valence-corrected chi connectivity index (χ4v) is 3.45. The molecule has 1 aliphatic heterocycles. The number of aryl methyl sites for hydroxylation is 3. The number of carbonyl (C=O) groups excluding carboxylic acids is 2. The molecular weight excluding hydrogens is 372 g/mol. The van der Waals surface area contributed by atoms with Crippen LogP contribution in [0, 0.1) is 13.8 Å². The number of hydrogen-bond acceptors (Lipinski definition) is 6. The third-order valence-electron chi connectivity index (χ3n) is 4.93. The van der Waals surface area contributed by atoms with E-state index < -0.39 is 0 Å². The van der Waals surface area contributed by atoms with E-state index >= 15 is 0 Å². The van der Waals surface area contributed by atoms with E-state index in [2.05, 4.69) is 20.4 Å². The van der Waals surface area contributed by atoms with Gasteiger partial charge in [0.1, 0.15) is 11.6 Å². The van der Waals surface area contributed by atoms with Crippen molar-refractivity contribution in [3.05, 3.63) is 41.7 Å². The average molecular weight is 400 g/mol. The molecule has 0 spiro atoms. The van der Waals surface area contributed by atoms with E-state index in [0.29, 0.717) is 51.5 Å². The molecule has 0 radical (unpaired) electrons. The summed E-state index contributed by atoms with van der Waals surface area (Å²) in [6.07, 6.45) is 4.76. The number of morpholine rings is 1. The molecule has 3 rings (SSSR count). The van der Waals surface area contributed by atoms with Crippen molar-refractivity contribution in [3.63, 3.8) is 0 Å². The molecule has 0 aliphatic carbocycles. The van der Waals surface area contributed by atoms with E-state index in [4.69, 9.17) is 4.74 Å². The van der Waals surface area contributed by atoms with Gasteiger partial charge in [-0.25, -0.2) is 9.67 Å². The Morgan fingerprint density at radius 2 is 2.21 bits per heavy atom. The van der Waals surface area contributed by atoms with Crippen LogP contribution in [0.1, 0.15) is 30.1 Å².